The largest absolute Gasteiger partial charge is 0.349 e. The van der Waals surface area contributed by atoms with Crippen molar-refractivity contribution >= 4 is 21.9 Å². The Hall–Kier alpha value is -2.15. The Morgan fingerprint density at radius 2 is 2.24 bits per heavy atom. The molecule has 0 aliphatic rings. The van der Waals surface area contributed by atoms with Gasteiger partial charge >= 0.3 is 0 Å². The van der Waals surface area contributed by atoms with Crippen molar-refractivity contribution in [3.05, 3.63) is 46.3 Å². The molecule has 0 saturated heterocycles. The van der Waals surface area contributed by atoms with Crippen LogP contribution in [0.2, 0.25) is 0 Å². The van der Waals surface area contributed by atoms with Gasteiger partial charge in [-0.25, -0.2) is 0 Å². The predicted octanol–water partition coefficient (Wildman–Crippen LogP) is 2.89. The maximum Gasteiger partial charge on any atom is 0.242 e. The third-order valence-electron chi connectivity index (χ3n) is 3.25. The molecule has 2 N–H and O–H groups in total. The van der Waals surface area contributed by atoms with Crippen molar-refractivity contribution in [2.75, 3.05) is 5.32 Å². The second-order valence-corrected chi connectivity index (χ2v) is 5.66. The summed E-state index contributed by atoms with van der Waals surface area (Å²) in [5.41, 5.74) is 3.15. The minimum absolute atomic E-state index is 0.613. The Morgan fingerprint density at radius 3 is 2.95 bits per heavy atom. The minimum Gasteiger partial charge on any atom is -0.349 e. The number of halogens is 1. The van der Waals surface area contributed by atoms with Crippen LogP contribution in [-0.2, 0) is 13.6 Å². The molecule has 0 bridgehead atoms. The molecular weight excluding hydrogens is 332 g/mol. The van der Waals surface area contributed by atoms with Crippen LogP contribution in [0.5, 0.6) is 0 Å². The maximum absolute atomic E-state index is 4.33. The van der Waals surface area contributed by atoms with Crippen LogP contribution in [0.4, 0.5) is 5.95 Å². The van der Waals surface area contributed by atoms with Crippen molar-refractivity contribution in [3.8, 4) is 11.3 Å². The molecule has 0 spiro atoms. The van der Waals surface area contributed by atoms with E-state index in [0.29, 0.717) is 12.5 Å². The number of aryl methyl sites for hydroxylation is 2. The normalized spacial score (nSPS) is 10.8. The fourth-order valence-electron chi connectivity index (χ4n) is 2.05. The number of H-pyrrole nitrogens is 1. The summed E-state index contributed by atoms with van der Waals surface area (Å²) in [7, 11) is 1.87. The second-order valence-electron chi connectivity index (χ2n) is 4.74. The first-order chi connectivity index (χ1) is 10.1. The van der Waals surface area contributed by atoms with Gasteiger partial charge < -0.3 is 5.32 Å². The van der Waals surface area contributed by atoms with Gasteiger partial charge in [-0.2, -0.15) is 10.1 Å². The zero-order chi connectivity index (χ0) is 14.8. The van der Waals surface area contributed by atoms with Crippen LogP contribution in [0.15, 0.2) is 34.9 Å². The van der Waals surface area contributed by atoms with Crippen molar-refractivity contribution in [1.29, 1.82) is 0 Å². The van der Waals surface area contributed by atoms with Crippen LogP contribution < -0.4 is 5.32 Å². The minimum atomic E-state index is 0.613. The van der Waals surface area contributed by atoms with Gasteiger partial charge in [-0.1, -0.05) is 28.1 Å². The number of benzene rings is 1. The van der Waals surface area contributed by atoms with Crippen molar-refractivity contribution in [2.24, 2.45) is 7.05 Å². The van der Waals surface area contributed by atoms with Gasteiger partial charge in [-0.3, -0.25) is 9.78 Å². The summed E-state index contributed by atoms with van der Waals surface area (Å²) in [6.07, 6.45) is 1.82. The van der Waals surface area contributed by atoms with Crippen LogP contribution in [0.25, 0.3) is 11.3 Å². The van der Waals surface area contributed by atoms with Gasteiger partial charge in [-0.15, -0.1) is 5.10 Å². The molecule has 7 heteroatoms. The van der Waals surface area contributed by atoms with E-state index in [1.807, 2.05) is 38.4 Å². The molecule has 6 nitrogen and oxygen atoms in total. The Balaban J connectivity index is 1.79. The van der Waals surface area contributed by atoms with E-state index in [0.717, 1.165) is 27.1 Å². The highest BCUT2D eigenvalue weighted by atomic mass is 79.9. The van der Waals surface area contributed by atoms with Gasteiger partial charge in [-0.05, 0) is 19.1 Å². The third-order valence-corrected chi connectivity index (χ3v) is 3.74. The van der Waals surface area contributed by atoms with E-state index < -0.39 is 0 Å². The van der Waals surface area contributed by atoms with Crippen LogP contribution in [0.3, 0.4) is 0 Å². The molecule has 1 aromatic carbocycles. The van der Waals surface area contributed by atoms with Crippen LogP contribution >= 0.6 is 15.9 Å². The predicted molar refractivity (Wildman–Crippen MR) is 84.8 cm³/mol. The lowest BCUT2D eigenvalue weighted by molar-refractivity contribution is 0.735. The molecule has 108 valence electrons. The van der Waals surface area contributed by atoms with E-state index in [-0.39, 0.29) is 0 Å². The van der Waals surface area contributed by atoms with Crippen LogP contribution in [0.1, 0.15) is 11.4 Å². The molecule has 0 aliphatic heterocycles. The lowest BCUT2D eigenvalue weighted by Gasteiger charge is -2.04. The van der Waals surface area contributed by atoms with E-state index in [1.165, 1.54) is 0 Å². The molecular formula is C14H15BrN6. The Morgan fingerprint density at radius 1 is 1.38 bits per heavy atom. The molecule has 2 heterocycles. The molecule has 0 radical (unpaired) electrons. The lowest BCUT2D eigenvalue weighted by Crippen LogP contribution is -2.02. The molecule has 2 aromatic heterocycles. The highest BCUT2D eigenvalue weighted by molar-refractivity contribution is 9.10. The smallest absolute Gasteiger partial charge is 0.242 e. The molecule has 0 unspecified atom stereocenters. The van der Waals surface area contributed by atoms with E-state index in [4.69, 9.17) is 0 Å². The number of hydrogen-bond acceptors (Lipinski definition) is 4. The monoisotopic (exact) mass is 346 g/mol. The van der Waals surface area contributed by atoms with Gasteiger partial charge in [0.15, 0.2) is 0 Å². The first-order valence-electron chi connectivity index (χ1n) is 6.53. The first kappa shape index (κ1) is 13.8. The lowest BCUT2D eigenvalue weighted by atomic mass is 10.1. The van der Waals surface area contributed by atoms with Gasteiger partial charge in [0, 0.05) is 29.2 Å². The third kappa shape index (κ3) is 2.97. The number of hydrogen-bond donors (Lipinski definition) is 2. The summed E-state index contributed by atoms with van der Waals surface area (Å²) in [5.74, 6) is 1.49. The van der Waals surface area contributed by atoms with Crippen LogP contribution in [0, 0.1) is 6.92 Å². The SMILES string of the molecule is Cc1nc(NCc2cn[nH]c2-c2cccc(Br)c2)nn1C. The fourth-order valence-corrected chi connectivity index (χ4v) is 2.45. The summed E-state index contributed by atoms with van der Waals surface area (Å²) >= 11 is 3.49. The van der Waals surface area contributed by atoms with E-state index in [9.17, 15) is 0 Å². The summed E-state index contributed by atoms with van der Waals surface area (Å²) in [6.45, 7) is 2.53. The quantitative estimate of drug-likeness (QED) is 0.761. The zero-order valence-electron chi connectivity index (χ0n) is 11.8. The Kier molecular flexibility index (Phi) is 3.74. The summed E-state index contributed by atoms with van der Waals surface area (Å²) < 4.78 is 2.78. The van der Waals surface area contributed by atoms with Gasteiger partial charge in [0.1, 0.15) is 5.82 Å². The van der Waals surface area contributed by atoms with Gasteiger partial charge in [0.05, 0.1) is 11.9 Å². The standard InChI is InChI=1S/C14H15BrN6/c1-9-18-14(20-21(9)2)16-7-11-8-17-19-13(11)10-4-3-5-12(15)6-10/h3-6,8H,7H2,1-2H3,(H,16,20)(H,17,19). The van der Waals surface area contributed by atoms with Gasteiger partial charge in [0.25, 0.3) is 0 Å². The zero-order valence-corrected chi connectivity index (χ0v) is 13.3. The molecule has 0 fully saturated rings. The fraction of sp³-hybridized carbons (Fsp3) is 0.214. The summed E-state index contributed by atoms with van der Waals surface area (Å²) in [4.78, 5) is 4.33. The molecule has 3 rings (SSSR count). The topological polar surface area (TPSA) is 71.4 Å². The molecule has 0 amide bonds. The molecule has 21 heavy (non-hydrogen) atoms. The number of aromatic nitrogens is 5. The summed E-state index contributed by atoms with van der Waals surface area (Å²) in [6, 6.07) is 8.10. The second kappa shape index (κ2) is 5.69. The molecule has 0 saturated carbocycles. The molecule has 3 aromatic rings. The van der Waals surface area contributed by atoms with Gasteiger partial charge in [0.2, 0.25) is 5.95 Å². The van der Waals surface area contributed by atoms with E-state index in [1.54, 1.807) is 4.68 Å². The highest BCUT2D eigenvalue weighted by Gasteiger charge is 2.09. The maximum atomic E-state index is 4.33. The molecule has 0 aliphatic carbocycles. The van der Waals surface area contributed by atoms with E-state index in [2.05, 4.69) is 47.6 Å². The number of nitrogens with zero attached hydrogens (tertiary/aromatic N) is 4. The number of aromatic amines is 1. The summed E-state index contributed by atoms with van der Waals surface area (Å²) in [5, 5.41) is 14.7. The average molecular weight is 347 g/mol. The number of anilines is 1. The van der Waals surface area contributed by atoms with Crippen molar-refractivity contribution < 1.29 is 0 Å². The Bertz CT molecular complexity index is 741. The van der Waals surface area contributed by atoms with Crippen molar-refractivity contribution in [3.63, 3.8) is 0 Å². The number of rotatable bonds is 4. The first-order valence-corrected chi connectivity index (χ1v) is 7.32. The van der Waals surface area contributed by atoms with Crippen molar-refractivity contribution in [1.82, 2.24) is 25.0 Å². The average Bonchev–Trinajstić information content (AvgIpc) is 3.04. The number of nitrogens with one attached hydrogen (secondary N) is 2. The Labute approximate surface area is 130 Å². The highest BCUT2D eigenvalue weighted by Crippen LogP contribution is 2.24. The molecule has 0 atom stereocenters. The van der Waals surface area contributed by atoms with Crippen LogP contribution in [-0.4, -0.2) is 25.0 Å². The van der Waals surface area contributed by atoms with Crippen molar-refractivity contribution in [2.45, 2.75) is 13.5 Å². The van der Waals surface area contributed by atoms with E-state index >= 15 is 0 Å².